The molecular formula is C17H15Cl2N3O3S2. The molecule has 3 aromatic rings. The Morgan fingerprint density at radius 2 is 2.00 bits per heavy atom. The second-order valence-corrected chi connectivity index (χ2v) is 9.22. The number of sulfonamides is 1. The van der Waals surface area contributed by atoms with E-state index in [-0.39, 0.29) is 28.0 Å². The Morgan fingerprint density at radius 3 is 2.74 bits per heavy atom. The number of fused-ring (bicyclic) bond motifs is 1. The third-order valence-corrected chi connectivity index (χ3v) is 7.24. The van der Waals surface area contributed by atoms with Gasteiger partial charge < -0.3 is 5.32 Å². The highest BCUT2D eigenvalue weighted by Gasteiger charge is 2.27. The number of hydrogen-bond acceptors (Lipinski definition) is 5. The zero-order chi connectivity index (χ0) is 19.6. The summed E-state index contributed by atoms with van der Waals surface area (Å²) < 4.78 is 31.9. The molecule has 0 fully saturated rings. The van der Waals surface area contributed by atoms with Gasteiger partial charge in [-0.1, -0.05) is 30.1 Å². The Hall–Kier alpha value is -1.71. The molecule has 2 aromatic carbocycles. The average molecular weight is 444 g/mol. The third kappa shape index (κ3) is 4.41. The van der Waals surface area contributed by atoms with Gasteiger partial charge in [0.1, 0.15) is 4.90 Å². The molecule has 27 heavy (non-hydrogen) atoms. The first-order valence-electron chi connectivity index (χ1n) is 7.90. The second kappa shape index (κ2) is 8.12. The van der Waals surface area contributed by atoms with E-state index in [1.165, 1.54) is 29.7 Å². The van der Waals surface area contributed by atoms with Crippen LogP contribution in [0.5, 0.6) is 0 Å². The van der Waals surface area contributed by atoms with Gasteiger partial charge in [-0.2, -0.15) is 8.68 Å². The predicted octanol–water partition coefficient (Wildman–Crippen LogP) is 4.25. The van der Waals surface area contributed by atoms with Gasteiger partial charge in [-0.3, -0.25) is 4.79 Å². The van der Waals surface area contributed by atoms with E-state index in [2.05, 4.69) is 9.69 Å². The molecule has 1 heterocycles. The summed E-state index contributed by atoms with van der Waals surface area (Å²) in [5.41, 5.74) is 0.571. The van der Waals surface area contributed by atoms with Gasteiger partial charge >= 0.3 is 0 Å². The number of likely N-dealkylation sites (N-methyl/N-ethyl adjacent to an activating group) is 1. The highest BCUT2D eigenvalue weighted by molar-refractivity contribution is 7.89. The van der Waals surface area contributed by atoms with Crippen molar-refractivity contribution in [1.82, 2.24) is 8.68 Å². The van der Waals surface area contributed by atoms with Crippen LogP contribution in [0.15, 0.2) is 47.5 Å². The van der Waals surface area contributed by atoms with E-state index in [9.17, 15) is 13.2 Å². The van der Waals surface area contributed by atoms with E-state index in [1.807, 2.05) is 6.07 Å². The van der Waals surface area contributed by atoms with Crippen LogP contribution < -0.4 is 5.32 Å². The summed E-state index contributed by atoms with van der Waals surface area (Å²) in [4.78, 5) is 12.3. The first-order valence-corrected chi connectivity index (χ1v) is 10.9. The molecule has 10 heteroatoms. The molecule has 0 unspecified atom stereocenters. The molecule has 0 radical (unpaired) electrons. The number of amides is 1. The zero-order valence-corrected chi connectivity index (χ0v) is 17.3. The molecule has 0 saturated carbocycles. The molecule has 0 atom stereocenters. The van der Waals surface area contributed by atoms with Crippen LogP contribution in [0.4, 0.5) is 5.69 Å². The van der Waals surface area contributed by atoms with Gasteiger partial charge in [0.15, 0.2) is 0 Å². The Balaban J connectivity index is 1.78. The Morgan fingerprint density at radius 1 is 1.22 bits per heavy atom. The van der Waals surface area contributed by atoms with Gasteiger partial charge in [0.25, 0.3) is 0 Å². The molecule has 1 amide bonds. The molecule has 1 N–H and O–H groups in total. The summed E-state index contributed by atoms with van der Waals surface area (Å²) in [5, 5.41) is 3.91. The number of carbonyl (C=O) groups excluding carboxylic acids is 1. The summed E-state index contributed by atoms with van der Waals surface area (Å²) in [5.74, 6) is -0.457. The topological polar surface area (TPSA) is 79.4 Å². The minimum absolute atomic E-state index is 0.0497. The van der Waals surface area contributed by atoms with Crippen molar-refractivity contribution in [3.8, 4) is 0 Å². The largest absolute Gasteiger partial charge is 0.325 e. The van der Waals surface area contributed by atoms with Crippen LogP contribution in [-0.2, 0) is 14.8 Å². The van der Waals surface area contributed by atoms with Gasteiger partial charge in [0.05, 0.1) is 16.3 Å². The van der Waals surface area contributed by atoms with E-state index in [4.69, 9.17) is 23.2 Å². The van der Waals surface area contributed by atoms with Crippen LogP contribution >= 0.6 is 34.7 Å². The number of nitrogens with zero attached hydrogens (tertiary/aromatic N) is 2. The van der Waals surface area contributed by atoms with Crippen LogP contribution in [0.3, 0.4) is 0 Å². The van der Waals surface area contributed by atoms with Crippen LogP contribution in [0.25, 0.3) is 10.1 Å². The summed E-state index contributed by atoms with van der Waals surface area (Å²) >= 11 is 13.3. The fourth-order valence-electron chi connectivity index (χ4n) is 2.49. The fraction of sp³-hybridized carbons (Fsp3) is 0.176. The number of nitrogens with one attached hydrogen (secondary N) is 1. The fourth-order valence-corrected chi connectivity index (χ4v) is 5.26. The molecular weight excluding hydrogens is 429 g/mol. The van der Waals surface area contributed by atoms with E-state index < -0.39 is 15.9 Å². The molecule has 0 saturated heterocycles. The van der Waals surface area contributed by atoms with Crippen molar-refractivity contribution < 1.29 is 13.2 Å². The average Bonchev–Trinajstić information content (AvgIpc) is 3.09. The summed E-state index contributed by atoms with van der Waals surface area (Å²) in [6, 6.07) is 9.57. The Kier molecular flexibility index (Phi) is 6.02. The Labute approximate surface area is 170 Å². The van der Waals surface area contributed by atoms with Crippen molar-refractivity contribution in [1.29, 1.82) is 0 Å². The van der Waals surface area contributed by atoms with Crippen LogP contribution in [0.2, 0.25) is 10.0 Å². The first kappa shape index (κ1) is 20.0. The van der Waals surface area contributed by atoms with Crippen molar-refractivity contribution in [3.63, 3.8) is 0 Å². The van der Waals surface area contributed by atoms with Crippen LogP contribution in [-0.4, -0.2) is 36.1 Å². The zero-order valence-electron chi connectivity index (χ0n) is 14.1. The van der Waals surface area contributed by atoms with E-state index in [0.717, 1.165) is 14.4 Å². The number of hydrogen-bond donors (Lipinski definition) is 1. The maximum Gasteiger partial charge on any atom is 0.245 e. The lowest BCUT2D eigenvalue weighted by atomic mass is 10.2. The van der Waals surface area contributed by atoms with Gasteiger partial charge in [-0.15, -0.1) is 0 Å². The quantitative estimate of drug-likeness (QED) is 0.617. The van der Waals surface area contributed by atoms with Crippen molar-refractivity contribution in [2.45, 2.75) is 11.8 Å². The lowest BCUT2D eigenvalue weighted by Crippen LogP contribution is -2.38. The van der Waals surface area contributed by atoms with Crippen LogP contribution in [0.1, 0.15) is 6.92 Å². The smallest absolute Gasteiger partial charge is 0.245 e. The maximum absolute atomic E-state index is 12.9. The second-order valence-electron chi connectivity index (χ2n) is 5.63. The summed E-state index contributed by atoms with van der Waals surface area (Å²) in [7, 11) is -3.97. The van der Waals surface area contributed by atoms with Crippen molar-refractivity contribution >= 4 is 66.4 Å². The molecule has 0 aliphatic carbocycles. The molecule has 0 aliphatic heterocycles. The molecule has 0 spiro atoms. The number of rotatable bonds is 6. The van der Waals surface area contributed by atoms with Gasteiger partial charge in [0.2, 0.25) is 15.9 Å². The minimum atomic E-state index is -3.97. The SMILES string of the molecule is CCN(CC(=O)Nc1ccc2sncc2c1)S(=O)(=O)c1cc(Cl)ccc1Cl. The monoisotopic (exact) mass is 443 g/mol. The van der Waals surface area contributed by atoms with Crippen LogP contribution in [0, 0.1) is 0 Å². The third-order valence-electron chi connectivity index (χ3n) is 3.82. The lowest BCUT2D eigenvalue weighted by Gasteiger charge is -2.21. The van der Waals surface area contributed by atoms with Crippen molar-refractivity contribution in [3.05, 3.63) is 52.6 Å². The Bertz CT molecular complexity index is 1100. The molecule has 0 aliphatic rings. The molecule has 142 valence electrons. The molecule has 0 bridgehead atoms. The van der Waals surface area contributed by atoms with Gasteiger partial charge in [0, 0.05) is 28.8 Å². The van der Waals surface area contributed by atoms with E-state index >= 15 is 0 Å². The van der Waals surface area contributed by atoms with Gasteiger partial charge in [-0.25, -0.2) is 8.42 Å². The lowest BCUT2D eigenvalue weighted by molar-refractivity contribution is -0.116. The van der Waals surface area contributed by atoms with Crippen molar-refractivity contribution in [2.75, 3.05) is 18.4 Å². The number of halogens is 2. The van der Waals surface area contributed by atoms with E-state index in [1.54, 1.807) is 25.3 Å². The molecule has 1 aromatic heterocycles. The normalized spacial score (nSPS) is 11.9. The summed E-state index contributed by atoms with van der Waals surface area (Å²) in [6.07, 6.45) is 1.71. The molecule has 6 nitrogen and oxygen atoms in total. The van der Waals surface area contributed by atoms with E-state index in [0.29, 0.717) is 5.69 Å². The number of benzene rings is 2. The number of carbonyl (C=O) groups is 1. The minimum Gasteiger partial charge on any atom is -0.325 e. The highest BCUT2D eigenvalue weighted by Crippen LogP contribution is 2.28. The van der Waals surface area contributed by atoms with Gasteiger partial charge in [-0.05, 0) is 47.9 Å². The number of anilines is 1. The predicted molar refractivity (Wildman–Crippen MR) is 109 cm³/mol. The molecule has 3 rings (SSSR count). The standard InChI is InChI=1S/C17H15Cl2N3O3S2/c1-2-22(27(24,25)16-8-12(18)3-5-14(16)19)10-17(23)21-13-4-6-15-11(7-13)9-20-26-15/h3-9H,2,10H2,1H3,(H,21,23). The van der Waals surface area contributed by atoms with Crippen molar-refractivity contribution in [2.24, 2.45) is 0 Å². The summed E-state index contributed by atoms with van der Waals surface area (Å²) in [6.45, 7) is 1.40. The first-order chi connectivity index (χ1) is 12.8. The highest BCUT2D eigenvalue weighted by atomic mass is 35.5. The number of aromatic nitrogens is 1. The maximum atomic E-state index is 12.9.